The van der Waals surface area contributed by atoms with E-state index in [1.807, 2.05) is 18.0 Å². The average Bonchev–Trinajstić information content (AvgIpc) is 3.41. The van der Waals surface area contributed by atoms with E-state index in [1.165, 1.54) is 51.4 Å². The highest BCUT2D eigenvalue weighted by Gasteiger charge is 2.63. The number of nitrogens with zero attached hydrogens (tertiary/aromatic N) is 3. The minimum absolute atomic E-state index is 0.291. The summed E-state index contributed by atoms with van der Waals surface area (Å²) in [5.41, 5.74) is 0.591. The molecule has 0 aliphatic heterocycles. The van der Waals surface area contributed by atoms with Crippen molar-refractivity contribution in [3.05, 3.63) is 18.0 Å². The number of ether oxygens (including phenoxy) is 1. The maximum atomic E-state index is 10.9. The van der Waals surface area contributed by atoms with Crippen LogP contribution in [0.2, 0.25) is 0 Å². The number of aliphatic hydroxyl groups is 1. The second kappa shape index (κ2) is 8.34. The van der Waals surface area contributed by atoms with Gasteiger partial charge in [-0.05, 0) is 118 Å². The highest BCUT2D eigenvalue weighted by Crippen LogP contribution is 2.70. The number of aromatic nitrogens is 2. The molecule has 9 atom stereocenters. The quantitative estimate of drug-likeness (QED) is 0.580. The summed E-state index contributed by atoms with van der Waals surface area (Å²) in [6.45, 7) is 10.1. The minimum Gasteiger partial charge on any atom is -0.390 e. The topological polar surface area (TPSA) is 71.1 Å². The molecule has 0 radical (unpaired) electrons. The van der Waals surface area contributed by atoms with E-state index in [4.69, 9.17) is 4.74 Å². The second-order valence-corrected chi connectivity index (χ2v) is 13.2. The molecule has 4 aliphatic rings. The monoisotopic (exact) mass is 467 g/mol. The number of hydrogen-bond acceptors (Lipinski definition) is 4. The molecule has 5 heteroatoms. The van der Waals surface area contributed by atoms with Crippen LogP contribution in [0, 0.1) is 51.8 Å². The van der Waals surface area contributed by atoms with E-state index in [0.717, 1.165) is 30.6 Å². The molecule has 0 bridgehead atoms. The lowest BCUT2D eigenvalue weighted by molar-refractivity contribution is -0.170. The summed E-state index contributed by atoms with van der Waals surface area (Å²) in [6.07, 6.45) is 15.8. The van der Waals surface area contributed by atoms with Crippen LogP contribution >= 0.6 is 0 Å². The van der Waals surface area contributed by atoms with Crippen LogP contribution in [0.4, 0.5) is 0 Å². The third-order valence-electron chi connectivity index (χ3n) is 11.8. The Morgan fingerprint density at radius 1 is 1.18 bits per heavy atom. The SMILES string of the molecule is CC[C@]12CC[C@@](C)(O)C[C@H]1CC[C@@H]1[C@@H]2CC[C@]2(C)C([C@](C)(Cn3cc(C#N)cn3)OC)CC[C@@H]12. The van der Waals surface area contributed by atoms with Gasteiger partial charge >= 0.3 is 0 Å². The molecule has 0 amide bonds. The van der Waals surface area contributed by atoms with Crippen LogP contribution in [0.5, 0.6) is 0 Å². The van der Waals surface area contributed by atoms with Gasteiger partial charge < -0.3 is 9.84 Å². The molecule has 5 nitrogen and oxygen atoms in total. The fourth-order valence-electron chi connectivity index (χ4n) is 10.1. The number of hydrogen-bond donors (Lipinski definition) is 1. The summed E-state index contributed by atoms with van der Waals surface area (Å²) in [5, 5.41) is 24.5. The first-order chi connectivity index (χ1) is 16.1. The molecule has 5 rings (SSSR count). The van der Waals surface area contributed by atoms with Crippen molar-refractivity contribution in [3.8, 4) is 6.07 Å². The highest BCUT2D eigenvalue weighted by molar-refractivity contribution is 5.22. The molecule has 1 aromatic rings. The van der Waals surface area contributed by atoms with Crippen molar-refractivity contribution in [2.24, 2.45) is 40.4 Å². The van der Waals surface area contributed by atoms with Crippen LogP contribution in [-0.4, -0.2) is 33.2 Å². The smallest absolute Gasteiger partial charge is 0.102 e. The zero-order valence-corrected chi connectivity index (χ0v) is 22.0. The normalized spacial score (nSPS) is 45.5. The summed E-state index contributed by atoms with van der Waals surface area (Å²) < 4.78 is 8.21. The van der Waals surface area contributed by atoms with Crippen molar-refractivity contribution in [2.75, 3.05) is 7.11 Å². The summed E-state index contributed by atoms with van der Waals surface area (Å²) in [4.78, 5) is 0. The molecule has 34 heavy (non-hydrogen) atoms. The van der Waals surface area contributed by atoms with Gasteiger partial charge in [-0.1, -0.05) is 13.8 Å². The van der Waals surface area contributed by atoms with Crippen LogP contribution < -0.4 is 0 Å². The van der Waals surface area contributed by atoms with Crippen molar-refractivity contribution >= 4 is 0 Å². The molecule has 0 saturated heterocycles. The van der Waals surface area contributed by atoms with Crippen molar-refractivity contribution in [1.82, 2.24) is 9.78 Å². The lowest BCUT2D eigenvalue weighted by Gasteiger charge is -2.63. The largest absolute Gasteiger partial charge is 0.390 e. The summed E-state index contributed by atoms with van der Waals surface area (Å²) in [6, 6.07) is 2.20. The molecule has 4 aliphatic carbocycles. The van der Waals surface area contributed by atoms with Crippen molar-refractivity contribution in [2.45, 2.75) is 110 Å². The van der Waals surface area contributed by atoms with E-state index in [2.05, 4.69) is 38.9 Å². The van der Waals surface area contributed by atoms with Crippen molar-refractivity contribution in [1.29, 1.82) is 5.26 Å². The van der Waals surface area contributed by atoms with E-state index < -0.39 is 5.60 Å². The van der Waals surface area contributed by atoms with Gasteiger partial charge in [0.05, 0.1) is 29.5 Å². The van der Waals surface area contributed by atoms with E-state index in [0.29, 0.717) is 34.8 Å². The molecule has 1 unspecified atom stereocenters. The Bertz CT molecular complexity index is 949. The average molecular weight is 468 g/mol. The van der Waals surface area contributed by atoms with E-state index in [9.17, 15) is 10.4 Å². The standard InChI is InChI=1S/C29H45N3O2/c1-6-29-14-13-26(2,33)15-21(29)7-8-22-23-9-10-25(27(23,3)12-11-24(22)29)28(4,34-5)19-32-18-20(16-30)17-31-32/h17-18,21-25,33H,6-15,19H2,1-5H3/t21-,22+,23+,24+,25?,26-,27+,28+,29+/m1/s1. The molecule has 4 saturated carbocycles. The van der Waals surface area contributed by atoms with Gasteiger partial charge in [-0.25, -0.2) is 0 Å². The molecule has 188 valence electrons. The summed E-state index contributed by atoms with van der Waals surface area (Å²) >= 11 is 0. The van der Waals surface area contributed by atoms with Gasteiger partial charge in [0.15, 0.2) is 0 Å². The minimum atomic E-state index is -0.462. The lowest BCUT2D eigenvalue weighted by atomic mass is 9.42. The van der Waals surface area contributed by atoms with Crippen molar-refractivity contribution < 1.29 is 9.84 Å². The predicted molar refractivity (Wildman–Crippen MR) is 133 cm³/mol. The zero-order chi connectivity index (χ0) is 24.4. The first-order valence-corrected chi connectivity index (χ1v) is 13.8. The Balaban J connectivity index is 1.40. The van der Waals surface area contributed by atoms with Gasteiger partial charge in [-0.2, -0.15) is 10.4 Å². The Morgan fingerprint density at radius 3 is 2.65 bits per heavy atom. The lowest BCUT2D eigenvalue weighted by Crippen LogP contribution is -2.57. The van der Waals surface area contributed by atoms with Gasteiger partial charge in [0, 0.05) is 13.3 Å². The van der Waals surface area contributed by atoms with Gasteiger partial charge in [-0.15, -0.1) is 0 Å². The third-order valence-corrected chi connectivity index (χ3v) is 11.8. The maximum Gasteiger partial charge on any atom is 0.102 e. The molecule has 0 aromatic carbocycles. The predicted octanol–water partition coefficient (Wildman–Crippen LogP) is 5.96. The van der Waals surface area contributed by atoms with E-state index >= 15 is 0 Å². The number of rotatable bonds is 5. The van der Waals surface area contributed by atoms with E-state index in [-0.39, 0.29) is 5.60 Å². The maximum absolute atomic E-state index is 10.9. The molecule has 1 aromatic heterocycles. The van der Waals surface area contributed by atoms with E-state index in [1.54, 1.807) is 6.20 Å². The zero-order valence-electron chi connectivity index (χ0n) is 22.0. The van der Waals surface area contributed by atoms with Crippen LogP contribution in [0.1, 0.15) is 97.5 Å². The van der Waals surface area contributed by atoms with Crippen LogP contribution in [0.3, 0.4) is 0 Å². The Morgan fingerprint density at radius 2 is 1.97 bits per heavy atom. The summed E-state index contributed by atoms with van der Waals surface area (Å²) in [7, 11) is 1.86. The molecular formula is C29H45N3O2. The van der Waals surface area contributed by atoms with Gasteiger partial charge in [-0.3, -0.25) is 4.68 Å². The molecule has 1 heterocycles. The molecular weight excluding hydrogens is 422 g/mol. The number of methoxy groups -OCH3 is 1. The Kier molecular flexibility index (Phi) is 5.97. The fourth-order valence-corrected chi connectivity index (χ4v) is 10.1. The third kappa shape index (κ3) is 3.58. The van der Waals surface area contributed by atoms with Crippen LogP contribution in [-0.2, 0) is 11.3 Å². The first-order valence-electron chi connectivity index (χ1n) is 13.8. The molecule has 0 spiro atoms. The summed E-state index contributed by atoms with van der Waals surface area (Å²) in [5.74, 6) is 3.60. The Hall–Kier alpha value is -1.38. The van der Waals surface area contributed by atoms with Gasteiger partial charge in [0.25, 0.3) is 0 Å². The molecule has 4 fully saturated rings. The van der Waals surface area contributed by atoms with Crippen LogP contribution in [0.25, 0.3) is 0 Å². The number of fused-ring (bicyclic) bond motifs is 5. The fraction of sp³-hybridized carbons (Fsp3) is 0.862. The second-order valence-electron chi connectivity index (χ2n) is 13.2. The number of nitriles is 1. The van der Waals surface area contributed by atoms with Crippen LogP contribution in [0.15, 0.2) is 12.4 Å². The van der Waals surface area contributed by atoms with Crippen molar-refractivity contribution in [3.63, 3.8) is 0 Å². The first kappa shape index (κ1) is 24.3. The Labute approximate surface area is 206 Å². The van der Waals surface area contributed by atoms with Gasteiger partial charge in [0.2, 0.25) is 0 Å². The molecule has 1 N–H and O–H groups in total. The highest BCUT2D eigenvalue weighted by atomic mass is 16.5. The van der Waals surface area contributed by atoms with Gasteiger partial charge in [0.1, 0.15) is 6.07 Å².